The van der Waals surface area contributed by atoms with Crippen molar-refractivity contribution < 1.29 is 39.6 Å². The first-order valence-corrected chi connectivity index (χ1v) is 13.8. The first-order valence-electron chi connectivity index (χ1n) is 13.8. The number of phenolic OH excluding ortho intramolecular Hbond substituents is 1. The molecule has 0 saturated carbocycles. The van der Waals surface area contributed by atoms with Crippen LogP contribution in [-0.2, 0) is 27.3 Å². The van der Waals surface area contributed by atoms with E-state index in [0.717, 1.165) is 5.56 Å². The standard InChI is InChI=1S/C31H34N4O8/c1-34(2)24-18-12-17-11-16-9-10-19(33-20(36)14-35(3)13-15-7-5-4-6-8-15)25(37)21(16)26(38)22(17)28(40)31(18,43)29(41)23(27(24)39)30(32)42/h4-10,17-18,24,37,39-40,43H,11-14H2,1-3H3,(H2,32,42)(H,33,36)/t17?,18?,24-,31-/m0/s1. The number of Topliss-reactive ketones (excluding diaryl/α,β-unsaturated/α-hetero) is 2. The normalized spacial score (nSPS) is 25.0. The Morgan fingerprint density at radius 2 is 1.72 bits per heavy atom. The number of nitrogens with zero attached hydrogens (tertiary/aromatic N) is 2. The Bertz CT molecular complexity index is 1600. The van der Waals surface area contributed by atoms with Crippen molar-refractivity contribution in [2.24, 2.45) is 17.6 Å². The third-order valence-electron chi connectivity index (χ3n) is 8.58. The quantitative estimate of drug-likeness (QED) is 0.201. The van der Waals surface area contributed by atoms with Crippen LogP contribution in [0.3, 0.4) is 0 Å². The predicted octanol–water partition coefficient (Wildman–Crippen LogP) is 1.19. The number of allylic oxidation sites excluding steroid dienone is 1. The number of likely N-dealkylation sites (N-methyl/N-ethyl adjacent to an activating group) is 2. The van der Waals surface area contributed by atoms with Gasteiger partial charge in [-0.05, 0) is 57.1 Å². The summed E-state index contributed by atoms with van der Waals surface area (Å²) in [6, 6.07) is 11.6. The number of anilines is 1. The van der Waals surface area contributed by atoms with Crippen molar-refractivity contribution in [2.75, 3.05) is 33.0 Å². The molecule has 0 spiro atoms. The van der Waals surface area contributed by atoms with Crippen LogP contribution in [0.2, 0.25) is 0 Å². The number of hydrogen-bond donors (Lipinski definition) is 6. The second kappa shape index (κ2) is 11.0. The number of aliphatic hydroxyl groups is 3. The minimum atomic E-state index is -2.71. The monoisotopic (exact) mass is 590 g/mol. The highest BCUT2D eigenvalue weighted by atomic mass is 16.3. The number of benzene rings is 2. The van der Waals surface area contributed by atoms with E-state index in [-0.39, 0.29) is 36.2 Å². The number of primary amides is 1. The van der Waals surface area contributed by atoms with E-state index in [9.17, 15) is 39.6 Å². The van der Waals surface area contributed by atoms with Crippen LogP contribution in [0.4, 0.5) is 5.69 Å². The molecule has 0 saturated heterocycles. The fraction of sp³-hybridized carbons (Fsp3) is 0.355. The molecule has 3 aliphatic rings. The van der Waals surface area contributed by atoms with Gasteiger partial charge >= 0.3 is 0 Å². The summed E-state index contributed by atoms with van der Waals surface area (Å²) in [6.45, 7) is 0.513. The smallest absolute Gasteiger partial charge is 0.255 e. The van der Waals surface area contributed by atoms with E-state index in [1.165, 1.54) is 11.0 Å². The number of carbonyl (C=O) groups is 4. The molecule has 0 bridgehead atoms. The van der Waals surface area contributed by atoms with Gasteiger partial charge in [0.1, 0.15) is 17.1 Å². The van der Waals surface area contributed by atoms with Crippen LogP contribution in [0.5, 0.6) is 5.75 Å². The van der Waals surface area contributed by atoms with Gasteiger partial charge in [0.2, 0.25) is 11.7 Å². The number of amides is 2. The number of nitrogens with two attached hydrogens (primary N) is 1. The van der Waals surface area contributed by atoms with Gasteiger partial charge in [-0.2, -0.15) is 0 Å². The molecular formula is C31H34N4O8. The number of rotatable bonds is 7. The number of nitrogens with one attached hydrogen (secondary N) is 1. The predicted molar refractivity (Wildman–Crippen MR) is 155 cm³/mol. The lowest BCUT2D eigenvalue weighted by Gasteiger charge is -2.50. The number of hydrogen-bond acceptors (Lipinski definition) is 10. The molecule has 12 nitrogen and oxygen atoms in total. The molecular weight excluding hydrogens is 556 g/mol. The lowest BCUT2D eigenvalue weighted by molar-refractivity contribution is -0.148. The number of phenols is 1. The molecule has 2 aromatic rings. The molecule has 5 rings (SSSR count). The Hall–Kier alpha value is -4.52. The fourth-order valence-electron chi connectivity index (χ4n) is 6.71. The third-order valence-corrected chi connectivity index (χ3v) is 8.58. The maximum Gasteiger partial charge on any atom is 0.255 e. The summed E-state index contributed by atoms with van der Waals surface area (Å²) in [5.74, 6) is -7.67. The molecule has 0 aromatic heterocycles. The van der Waals surface area contributed by atoms with Crippen LogP contribution in [0, 0.1) is 11.8 Å². The molecule has 12 heteroatoms. The van der Waals surface area contributed by atoms with E-state index in [1.54, 1.807) is 32.1 Å². The lowest BCUT2D eigenvalue weighted by Crippen LogP contribution is -2.63. The average molecular weight is 591 g/mol. The molecule has 0 fully saturated rings. The summed E-state index contributed by atoms with van der Waals surface area (Å²) < 4.78 is 0. The van der Waals surface area contributed by atoms with Crippen LogP contribution in [0.1, 0.15) is 27.9 Å². The van der Waals surface area contributed by atoms with Gasteiger partial charge in [-0.1, -0.05) is 36.4 Å². The van der Waals surface area contributed by atoms with Gasteiger partial charge in [-0.25, -0.2) is 0 Å². The van der Waals surface area contributed by atoms with Crippen molar-refractivity contribution in [3.63, 3.8) is 0 Å². The minimum absolute atomic E-state index is 0.000482. The van der Waals surface area contributed by atoms with E-state index in [1.807, 2.05) is 30.3 Å². The summed E-state index contributed by atoms with van der Waals surface area (Å²) in [6.07, 6.45) is 0.162. The van der Waals surface area contributed by atoms with E-state index >= 15 is 0 Å². The SMILES string of the molecule is CN(CC(=O)Nc1ccc2c(c1O)C(=O)C1=C(O)[C@]3(O)C(=O)C(C(N)=O)=C(O)[C@@H](N(C)C)C3CC1C2)Cc1ccccc1. The molecule has 2 unspecified atom stereocenters. The van der Waals surface area contributed by atoms with E-state index in [4.69, 9.17) is 5.73 Å². The first-order chi connectivity index (χ1) is 20.3. The fourth-order valence-corrected chi connectivity index (χ4v) is 6.71. The van der Waals surface area contributed by atoms with Crippen molar-refractivity contribution in [3.8, 4) is 5.75 Å². The van der Waals surface area contributed by atoms with Crippen LogP contribution in [-0.4, -0.2) is 92.9 Å². The molecule has 43 heavy (non-hydrogen) atoms. The number of aliphatic hydroxyl groups excluding tert-OH is 2. The van der Waals surface area contributed by atoms with Gasteiger partial charge in [0.15, 0.2) is 17.1 Å². The number of fused-ring (bicyclic) bond motifs is 3. The highest BCUT2D eigenvalue weighted by Gasteiger charge is 2.63. The second-order valence-corrected chi connectivity index (χ2v) is 11.7. The number of carbonyl (C=O) groups excluding carboxylic acids is 4. The second-order valence-electron chi connectivity index (χ2n) is 11.7. The van der Waals surface area contributed by atoms with Gasteiger partial charge in [0, 0.05) is 18.0 Å². The van der Waals surface area contributed by atoms with E-state index < -0.39 is 69.7 Å². The first kappa shape index (κ1) is 30.0. The highest BCUT2D eigenvalue weighted by molar-refractivity contribution is 6.25. The van der Waals surface area contributed by atoms with E-state index in [0.29, 0.717) is 12.1 Å². The maximum atomic E-state index is 13.8. The zero-order valence-electron chi connectivity index (χ0n) is 24.0. The number of ketones is 2. The van der Waals surface area contributed by atoms with Crippen molar-refractivity contribution in [1.82, 2.24) is 9.80 Å². The Morgan fingerprint density at radius 3 is 2.35 bits per heavy atom. The summed E-state index contributed by atoms with van der Waals surface area (Å²) in [4.78, 5) is 55.4. The van der Waals surface area contributed by atoms with Crippen molar-refractivity contribution >= 4 is 29.1 Å². The molecule has 0 heterocycles. The molecule has 4 atom stereocenters. The van der Waals surface area contributed by atoms with Gasteiger partial charge < -0.3 is 31.5 Å². The third kappa shape index (κ3) is 4.86. The van der Waals surface area contributed by atoms with Crippen LogP contribution < -0.4 is 11.1 Å². The maximum absolute atomic E-state index is 13.8. The van der Waals surface area contributed by atoms with Crippen molar-refractivity contribution in [2.45, 2.75) is 31.0 Å². The van der Waals surface area contributed by atoms with Gasteiger partial charge in [-0.3, -0.25) is 29.0 Å². The average Bonchev–Trinajstić information content (AvgIpc) is 2.92. The summed E-state index contributed by atoms with van der Waals surface area (Å²) in [5, 5.41) is 47.7. The van der Waals surface area contributed by atoms with Crippen molar-refractivity contribution in [3.05, 3.63) is 81.8 Å². The van der Waals surface area contributed by atoms with Gasteiger partial charge in [0.05, 0.1) is 23.8 Å². The van der Waals surface area contributed by atoms with Crippen LogP contribution >= 0.6 is 0 Å². The topological polar surface area (TPSA) is 194 Å². The molecule has 0 radical (unpaired) electrons. The molecule has 226 valence electrons. The lowest BCUT2D eigenvalue weighted by atomic mass is 9.58. The summed E-state index contributed by atoms with van der Waals surface area (Å²) in [5.41, 5.74) is 2.81. The largest absolute Gasteiger partial charge is 0.510 e. The Morgan fingerprint density at radius 1 is 1.05 bits per heavy atom. The molecule has 3 aliphatic carbocycles. The molecule has 2 amide bonds. The molecule has 0 aliphatic heterocycles. The summed E-state index contributed by atoms with van der Waals surface area (Å²) in [7, 11) is 4.91. The van der Waals surface area contributed by atoms with Crippen LogP contribution in [0.15, 0.2) is 65.1 Å². The highest BCUT2D eigenvalue weighted by Crippen LogP contribution is 2.52. The van der Waals surface area contributed by atoms with Crippen molar-refractivity contribution in [1.29, 1.82) is 0 Å². The zero-order valence-corrected chi connectivity index (χ0v) is 24.0. The Labute approximate surface area is 247 Å². The van der Waals surface area contributed by atoms with Gasteiger partial charge in [0.25, 0.3) is 5.91 Å². The molecule has 2 aromatic carbocycles. The zero-order chi connectivity index (χ0) is 31.4. The van der Waals surface area contributed by atoms with Crippen LogP contribution in [0.25, 0.3) is 0 Å². The van der Waals surface area contributed by atoms with Gasteiger partial charge in [-0.15, -0.1) is 0 Å². The Kier molecular flexibility index (Phi) is 7.63. The van der Waals surface area contributed by atoms with E-state index in [2.05, 4.69) is 5.32 Å². The summed E-state index contributed by atoms with van der Waals surface area (Å²) >= 11 is 0. The number of aromatic hydroxyl groups is 1. The molecule has 7 N–H and O–H groups in total. The minimum Gasteiger partial charge on any atom is -0.510 e. The Balaban J connectivity index is 1.46.